The quantitative estimate of drug-likeness (QED) is 0.105. The molecule has 12 heteroatoms. The van der Waals surface area contributed by atoms with E-state index < -0.39 is 0 Å². The van der Waals surface area contributed by atoms with Crippen molar-refractivity contribution in [2.45, 2.75) is 57.8 Å². The van der Waals surface area contributed by atoms with Crippen LogP contribution in [-0.2, 0) is 0 Å². The summed E-state index contributed by atoms with van der Waals surface area (Å²) in [4.78, 5) is 42.9. The van der Waals surface area contributed by atoms with E-state index in [4.69, 9.17) is 9.47 Å². The number of nitrogens with zero attached hydrogens (tertiary/aromatic N) is 4. The zero-order valence-electron chi connectivity index (χ0n) is 35.1. The van der Waals surface area contributed by atoms with Crippen LogP contribution in [0, 0.1) is 0 Å². The van der Waals surface area contributed by atoms with E-state index in [-0.39, 0.29) is 11.1 Å². The minimum absolute atomic E-state index is 0.0901. The molecule has 0 amide bonds. The van der Waals surface area contributed by atoms with Gasteiger partial charge < -0.3 is 29.2 Å². The van der Waals surface area contributed by atoms with Crippen LogP contribution in [0.3, 0.4) is 0 Å². The van der Waals surface area contributed by atoms with Crippen LogP contribution in [0.1, 0.15) is 48.6 Å². The third-order valence-electron chi connectivity index (χ3n) is 13.8. The molecule has 0 unspecified atom stereocenters. The van der Waals surface area contributed by atoms with Gasteiger partial charge in [0.25, 0.3) is 0 Å². The number of piperazine rings is 2. The highest BCUT2D eigenvalue weighted by Crippen LogP contribution is 2.72. The normalized spacial score (nSPS) is 22.0. The molecule has 1 saturated carbocycles. The fourth-order valence-corrected chi connectivity index (χ4v) is 14.2. The van der Waals surface area contributed by atoms with Crippen molar-refractivity contribution in [3.63, 3.8) is 0 Å². The predicted octanol–water partition coefficient (Wildman–Crippen LogP) is 8.16. The highest BCUT2D eigenvalue weighted by atomic mass is 32.2. The van der Waals surface area contributed by atoms with Crippen molar-refractivity contribution in [2.75, 3.05) is 88.5 Å². The van der Waals surface area contributed by atoms with Crippen LogP contribution in [0.2, 0.25) is 0 Å². The second-order valence-electron chi connectivity index (χ2n) is 17.5. The van der Waals surface area contributed by atoms with Crippen molar-refractivity contribution in [3.05, 3.63) is 129 Å². The van der Waals surface area contributed by atoms with Gasteiger partial charge in [-0.2, -0.15) is 0 Å². The van der Waals surface area contributed by atoms with Crippen LogP contribution >= 0.6 is 23.5 Å². The molecule has 6 heterocycles. The molecule has 3 fully saturated rings. The third kappa shape index (κ3) is 7.88. The number of aromatic nitrogens is 2. The number of hydrogen-bond donors (Lipinski definition) is 2. The highest BCUT2D eigenvalue weighted by Gasteiger charge is 2.61. The molecule has 10 nitrogen and oxygen atoms in total. The second kappa shape index (κ2) is 17.4. The summed E-state index contributed by atoms with van der Waals surface area (Å²) in [6, 6.07) is 32.8. The Balaban J connectivity index is 0.647. The number of aromatic amines is 2. The van der Waals surface area contributed by atoms with Crippen LogP contribution in [0.4, 0.5) is 11.4 Å². The molecule has 62 heavy (non-hydrogen) atoms. The minimum Gasteiger partial charge on any atom is -0.494 e. The standard InChI is InChI=1S/C50H54N6O4S2/c57-43-17-13-33-11-15-35(31-37(33)51-43)59-29-3-1-19-53-21-25-55(26-22-53)39-7-5-9-41-45(39)47-49(61-41)48-46-40(8-6-10-42(46)62-50(47)48)56-27-23-54(24-28-56)20-2-4-30-60-36-16-12-34-14-18-44(58)52-38(34)32-36/h5-18,31-32,47-50H,1-4,19-30H2,(H,51,57)(H,52,58). The third-order valence-corrected chi connectivity index (χ3v) is 16.7. The van der Waals surface area contributed by atoms with Gasteiger partial charge in [0.15, 0.2) is 0 Å². The molecule has 11 rings (SSSR count). The molecule has 2 N–H and O–H groups in total. The predicted molar refractivity (Wildman–Crippen MR) is 254 cm³/mol. The Bertz CT molecular complexity index is 2510. The van der Waals surface area contributed by atoms with Crippen LogP contribution in [0.25, 0.3) is 21.8 Å². The second-order valence-corrected chi connectivity index (χ2v) is 19.9. The van der Waals surface area contributed by atoms with Gasteiger partial charge in [0, 0.05) is 120 Å². The first-order valence-electron chi connectivity index (χ1n) is 22.6. The Morgan fingerprint density at radius 2 is 0.952 bits per heavy atom. The fourth-order valence-electron chi connectivity index (χ4n) is 10.5. The Kier molecular flexibility index (Phi) is 11.2. The lowest BCUT2D eigenvalue weighted by Crippen LogP contribution is -2.49. The number of nitrogens with one attached hydrogen (secondary N) is 2. The monoisotopic (exact) mass is 866 g/mol. The van der Waals surface area contributed by atoms with E-state index >= 15 is 0 Å². The first-order valence-corrected chi connectivity index (χ1v) is 24.3. The number of benzene rings is 4. The van der Waals surface area contributed by atoms with Crippen LogP contribution in [0.15, 0.2) is 116 Å². The van der Waals surface area contributed by atoms with Crippen molar-refractivity contribution >= 4 is 56.7 Å². The number of ether oxygens (including phenoxy) is 2. The largest absolute Gasteiger partial charge is 0.494 e. The molecular formula is C50H54N6O4S2. The van der Waals surface area contributed by atoms with E-state index in [1.54, 1.807) is 23.3 Å². The summed E-state index contributed by atoms with van der Waals surface area (Å²) in [5.74, 6) is 2.83. The summed E-state index contributed by atoms with van der Waals surface area (Å²) in [7, 11) is 0. The van der Waals surface area contributed by atoms with Crippen LogP contribution in [0.5, 0.6) is 11.5 Å². The van der Waals surface area contributed by atoms with Gasteiger partial charge in [0.1, 0.15) is 11.5 Å². The number of fused-ring (bicyclic) bond motifs is 10. The van der Waals surface area contributed by atoms with E-state index in [0.717, 1.165) is 124 Å². The maximum Gasteiger partial charge on any atom is 0.248 e. The van der Waals surface area contributed by atoms with Crippen LogP contribution < -0.4 is 30.4 Å². The summed E-state index contributed by atoms with van der Waals surface area (Å²) < 4.78 is 12.1. The summed E-state index contributed by atoms with van der Waals surface area (Å²) >= 11 is 4.32. The van der Waals surface area contributed by atoms with E-state index in [1.807, 2.05) is 48.5 Å². The van der Waals surface area contributed by atoms with Gasteiger partial charge in [-0.15, -0.1) is 23.5 Å². The fraction of sp³-hybridized carbons (Fsp3) is 0.400. The number of hydrogen-bond acceptors (Lipinski definition) is 10. The minimum atomic E-state index is -0.0901. The maximum atomic E-state index is 11.7. The van der Waals surface area contributed by atoms with Crippen molar-refractivity contribution in [1.82, 2.24) is 19.8 Å². The number of rotatable bonds is 14. The molecular weight excluding hydrogens is 813 g/mol. The molecule has 0 radical (unpaired) electrons. The molecule has 0 bridgehead atoms. The summed E-state index contributed by atoms with van der Waals surface area (Å²) in [5, 5.41) is 3.26. The molecule has 5 aliphatic rings. The molecule has 320 valence electrons. The lowest BCUT2D eigenvalue weighted by molar-refractivity contribution is 0.238. The summed E-state index contributed by atoms with van der Waals surface area (Å²) in [6.45, 7) is 12.2. The van der Waals surface area contributed by atoms with Crippen molar-refractivity contribution in [1.29, 1.82) is 0 Å². The van der Waals surface area contributed by atoms with Gasteiger partial charge in [-0.05, 0) is 121 Å². The Morgan fingerprint density at radius 1 is 0.516 bits per heavy atom. The molecule has 1 aliphatic carbocycles. The topological polar surface area (TPSA) is 97.1 Å². The smallest absolute Gasteiger partial charge is 0.248 e. The zero-order chi connectivity index (χ0) is 41.6. The van der Waals surface area contributed by atoms with Crippen molar-refractivity contribution in [3.8, 4) is 11.5 Å². The Hall–Kier alpha value is -4.88. The first kappa shape index (κ1) is 39.9. The Morgan fingerprint density at radius 3 is 1.40 bits per heavy atom. The highest BCUT2D eigenvalue weighted by molar-refractivity contribution is 8.02. The van der Waals surface area contributed by atoms with E-state index in [2.05, 4.69) is 89.5 Å². The molecule has 0 spiro atoms. The molecule has 2 aromatic heterocycles. The van der Waals surface area contributed by atoms with Crippen LogP contribution in [-0.4, -0.2) is 109 Å². The maximum absolute atomic E-state index is 11.7. The average molecular weight is 867 g/mol. The van der Waals surface area contributed by atoms with Gasteiger partial charge in [-0.25, -0.2) is 0 Å². The van der Waals surface area contributed by atoms with E-state index in [0.29, 0.717) is 35.5 Å². The van der Waals surface area contributed by atoms with E-state index in [1.165, 1.54) is 21.2 Å². The van der Waals surface area contributed by atoms with Crippen molar-refractivity contribution in [2.24, 2.45) is 0 Å². The number of unbranched alkanes of at least 4 members (excludes halogenated alkanes) is 2. The number of anilines is 2. The van der Waals surface area contributed by atoms with Gasteiger partial charge in [-0.3, -0.25) is 19.4 Å². The summed E-state index contributed by atoms with van der Waals surface area (Å²) in [5.41, 5.74) is 7.67. The van der Waals surface area contributed by atoms with E-state index in [9.17, 15) is 9.59 Å². The molecule has 2 saturated heterocycles. The average Bonchev–Trinajstić information content (AvgIpc) is 3.81. The Labute approximate surface area is 371 Å². The molecule has 0 atom stereocenters. The lowest BCUT2D eigenvalue weighted by atomic mass is 9.67. The van der Waals surface area contributed by atoms with Gasteiger partial charge in [0.05, 0.1) is 24.2 Å². The lowest BCUT2D eigenvalue weighted by Gasteiger charge is -2.46. The zero-order valence-corrected chi connectivity index (χ0v) is 36.7. The van der Waals surface area contributed by atoms with Gasteiger partial charge in [-0.1, -0.05) is 12.1 Å². The van der Waals surface area contributed by atoms with Crippen molar-refractivity contribution < 1.29 is 9.47 Å². The SMILES string of the molecule is O=c1ccc2ccc(OCCCCN3CCN(c4cccc5c4C4C(S5)C5c6c(cccc6N6CCN(CCCCOc7ccc8ccc(=O)[nH]c8c7)CC6)SC45)CC3)cc2[nH]1. The molecule has 4 aromatic carbocycles. The number of pyridine rings is 2. The summed E-state index contributed by atoms with van der Waals surface area (Å²) in [6.07, 6.45) is 4.24. The first-order chi connectivity index (χ1) is 30.5. The number of thioether (sulfide) groups is 2. The molecule has 6 aromatic rings. The van der Waals surface area contributed by atoms with Gasteiger partial charge in [0.2, 0.25) is 11.1 Å². The number of H-pyrrole nitrogens is 2. The van der Waals surface area contributed by atoms with Gasteiger partial charge >= 0.3 is 0 Å². The molecule has 4 aliphatic heterocycles.